The summed E-state index contributed by atoms with van der Waals surface area (Å²) in [7, 11) is 1.27. The smallest absolute Gasteiger partial charge is 0.305 e. The summed E-state index contributed by atoms with van der Waals surface area (Å²) in [5, 5.41) is 9.90. The zero-order chi connectivity index (χ0) is 42.0. The van der Waals surface area contributed by atoms with Gasteiger partial charge in [0.05, 0.1) is 27.7 Å². The molecule has 57 heavy (non-hydrogen) atoms. The molecule has 2 unspecified atom stereocenters. The summed E-state index contributed by atoms with van der Waals surface area (Å²) in [6.45, 7) is 1.99. The minimum atomic E-state index is -4.50. The molecule has 0 aromatic heterocycles. The Hall–Kier alpha value is -0.500. The lowest BCUT2D eigenvalue weighted by Gasteiger charge is -2.27. The summed E-state index contributed by atoms with van der Waals surface area (Å²) in [6, 6.07) is 0. The number of esters is 1. The lowest BCUT2D eigenvalue weighted by atomic mass is 10.0. The molecule has 0 aliphatic carbocycles. The van der Waals surface area contributed by atoms with E-state index in [0.717, 1.165) is 19.3 Å². The number of aliphatic hydroxyl groups excluding tert-OH is 1. The standard InChI is InChI=1S/C48H98NO7P/c1-5-6-7-8-9-10-11-12-13-14-15-16-17-18-19-20-21-22-23-24-25-26-27-28-29-30-31-32-33-34-35-36-37-38-39-40-41-42-48(51)54-45-47(50)46-56-57(52,53)55-44-43-49(2,3)4/h47,50H,5-46H2,1-4H3. The second-order valence-electron chi connectivity index (χ2n) is 18.4. The maximum Gasteiger partial charge on any atom is 0.305 e. The summed E-state index contributed by atoms with van der Waals surface area (Å²) in [5.74, 6) is -0.380. The van der Waals surface area contributed by atoms with Gasteiger partial charge in [-0.05, 0) is 6.42 Å². The molecule has 0 amide bonds. The summed E-state index contributed by atoms with van der Waals surface area (Å²) in [5.41, 5.74) is 0. The Morgan fingerprint density at radius 2 is 0.772 bits per heavy atom. The molecular formula is C48H98NO7P. The van der Waals surface area contributed by atoms with Crippen LogP contribution in [-0.4, -0.2) is 69.2 Å². The van der Waals surface area contributed by atoms with Crippen LogP contribution in [0.25, 0.3) is 0 Å². The first-order valence-corrected chi connectivity index (χ1v) is 26.3. The van der Waals surface area contributed by atoms with Crippen LogP contribution in [0.1, 0.15) is 251 Å². The largest absolute Gasteiger partial charge is 0.756 e. The Kier molecular flexibility index (Phi) is 41.8. The van der Waals surface area contributed by atoms with Crippen LogP contribution in [-0.2, 0) is 23.1 Å². The highest BCUT2D eigenvalue weighted by molar-refractivity contribution is 7.45. The molecule has 0 fully saturated rings. The van der Waals surface area contributed by atoms with Crippen LogP contribution in [0.5, 0.6) is 0 Å². The van der Waals surface area contributed by atoms with Crippen molar-refractivity contribution in [3.63, 3.8) is 0 Å². The van der Waals surface area contributed by atoms with Crippen LogP contribution in [0.4, 0.5) is 0 Å². The normalized spacial score (nSPS) is 13.6. The molecule has 9 heteroatoms. The number of phosphoric acid groups is 1. The molecule has 0 saturated carbocycles. The second kappa shape index (κ2) is 42.2. The first-order chi connectivity index (χ1) is 27.6. The average Bonchev–Trinajstić information content (AvgIpc) is 3.17. The van der Waals surface area contributed by atoms with E-state index in [-0.39, 0.29) is 19.2 Å². The zero-order valence-corrected chi connectivity index (χ0v) is 39.5. The minimum Gasteiger partial charge on any atom is -0.756 e. The lowest BCUT2D eigenvalue weighted by molar-refractivity contribution is -0.870. The van der Waals surface area contributed by atoms with Crippen molar-refractivity contribution < 1.29 is 37.6 Å². The van der Waals surface area contributed by atoms with Gasteiger partial charge in [0.2, 0.25) is 0 Å². The van der Waals surface area contributed by atoms with E-state index < -0.39 is 20.5 Å². The molecule has 342 valence electrons. The fraction of sp³-hybridized carbons (Fsp3) is 0.979. The van der Waals surface area contributed by atoms with Gasteiger partial charge >= 0.3 is 5.97 Å². The van der Waals surface area contributed by atoms with Gasteiger partial charge in [0, 0.05) is 6.42 Å². The first kappa shape index (κ1) is 56.5. The molecular weight excluding hydrogens is 734 g/mol. The molecule has 8 nitrogen and oxygen atoms in total. The number of aliphatic hydroxyl groups is 1. The number of rotatable bonds is 47. The Bertz CT molecular complexity index is 883. The van der Waals surface area contributed by atoms with Crippen LogP contribution in [0.3, 0.4) is 0 Å². The van der Waals surface area contributed by atoms with Crippen molar-refractivity contribution in [1.29, 1.82) is 0 Å². The Labute approximate surface area is 355 Å². The van der Waals surface area contributed by atoms with Crippen molar-refractivity contribution in [2.24, 2.45) is 0 Å². The number of unbranched alkanes of at least 4 members (excludes halogenated alkanes) is 36. The fourth-order valence-electron chi connectivity index (χ4n) is 7.48. The summed E-state index contributed by atoms with van der Waals surface area (Å²) in [6.07, 6.45) is 50.4. The van der Waals surface area contributed by atoms with Crippen LogP contribution in [0.2, 0.25) is 0 Å². The van der Waals surface area contributed by atoms with Gasteiger partial charge < -0.3 is 28.3 Å². The maximum absolute atomic E-state index is 12.0. The van der Waals surface area contributed by atoms with Gasteiger partial charge in [-0.15, -0.1) is 0 Å². The van der Waals surface area contributed by atoms with E-state index in [1.165, 1.54) is 218 Å². The highest BCUT2D eigenvalue weighted by Gasteiger charge is 2.17. The SMILES string of the molecule is CCCCCCCCCCCCCCCCCCCCCCCCCCCCCCCCCCCCCCCC(=O)OCC(O)COP(=O)([O-])OCC[N+](C)(C)C. The van der Waals surface area contributed by atoms with Gasteiger partial charge in [-0.2, -0.15) is 0 Å². The van der Waals surface area contributed by atoms with Crippen molar-refractivity contribution in [2.75, 3.05) is 47.5 Å². The molecule has 1 N–H and O–H groups in total. The third-order valence-corrected chi connectivity index (χ3v) is 12.3. The van der Waals surface area contributed by atoms with Crippen molar-refractivity contribution in [2.45, 2.75) is 257 Å². The van der Waals surface area contributed by atoms with Gasteiger partial charge in [0.15, 0.2) is 0 Å². The van der Waals surface area contributed by atoms with E-state index in [2.05, 4.69) is 6.92 Å². The number of ether oxygens (including phenoxy) is 1. The molecule has 0 saturated heterocycles. The lowest BCUT2D eigenvalue weighted by Crippen LogP contribution is -2.37. The van der Waals surface area contributed by atoms with Gasteiger partial charge in [-0.25, -0.2) is 0 Å². The first-order valence-electron chi connectivity index (χ1n) is 24.8. The number of quaternary nitrogens is 1. The fourth-order valence-corrected chi connectivity index (χ4v) is 8.21. The molecule has 0 bridgehead atoms. The van der Waals surface area contributed by atoms with E-state index in [4.69, 9.17) is 13.8 Å². The maximum atomic E-state index is 12.0. The molecule has 0 rings (SSSR count). The van der Waals surface area contributed by atoms with Crippen molar-refractivity contribution in [1.82, 2.24) is 0 Å². The quantitative estimate of drug-likeness (QED) is 0.0282. The van der Waals surface area contributed by atoms with E-state index in [1.807, 2.05) is 21.1 Å². The van der Waals surface area contributed by atoms with E-state index >= 15 is 0 Å². The number of hydrogen-bond donors (Lipinski definition) is 1. The van der Waals surface area contributed by atoms with E-state index in [9.17, 15) is 19.4 Å². The predicted octanol–water partition coefficient (Wildman–Crippen LogP) is 13.9. The highest BCUT2D eigenvalue weighted by atomic mass is 31.2. The summed E-state index contributed by atoms with van der Waals surface area (Å²) < 4.78 is 26.9. The zero-order valence-electron chi connectivity index (χ0n) is 38.6. The topological polar surface area (TPSA) is 105 Å². The van der Waals surface area contributed by atoms with Crippen LogP contribution in [0, 0.1) is 0 Å². The molecule has 0 aromatic rings. The summed E-state index contributed by atoms with van der Waals surface area (Å²) in [4.78, 5) is 23.7. The highest BCUT2D eigenvalue weighted by Crippen LogP contribution is 2.38. The van der Waals surface area contributed by atoms with Crippen molar-refractivity contribution in [3.8, 4) is 0 Å². The number of phosphoric ester groups is 1. The number of carbonyl (C=O) groups is 1. The minimum absolute atomic E-state index is 0.00482. The summed E-state index contributed by atoms with van der Waals surface area (Å²) >= 11 is 0. The molecule has 2 atom stereocenters. The van der Waals surface area contributed by atoms with Gasteiger partial charge in [0.1, 0.15) is 25.9 Å². The van der Waals surface area contributed by atoms with Crippen LogP contribution >= 0.6 is 7.82 Å². The van der Waals surface area contributed by atoms with Gasteiger partial charge in [-0.1, -0.05) is 238 Å². The molecule has 0 aliphatic rings. The Balaban J connectivity index is 3.26. The number of carbonyl (C=O) groups excluding carboxylic acids is 1. The third kappa shape index (κ3) is 48.0. The second-order valence-corrected chi connectivity index (χ2v) is 19.8. The van der Waals surface area contributed by atoms with Crippen molar-refractivity contribution >= 4 is 13.8 Å². The molecule has 0 aliphatic heterocycles. The monoisotopic (exact) mass is 832 g/mol. The van der Waals surface area contributed by atoms with Crippen LogP contribution in [0.15, 0.2) is 0 Å². The van der Waals surface area contributed by atoms with E-state index in [0.29, 0.717) is 17.4 Å². The number of hydrogen-bond acceptors (Lipinski definition) is 7. The third-order valence-electron chi connectivity index (χ3n) is 11.4. The molecule has 0 radical (unpaired) electrons. The molecule has 0 spiro atoms. The van der Waals surface area contributed by atoms with Crippen molar-refractivity contribution in [3.05, 3.63) is 0 Å². The van der Waals surface area contributed by atoms with Crippen LogP contribution < -0.4 is 4.89 Å². The Morgan fingerprint density at radius 3 is 1.05 bits per heavy atom. The predicted molar refractivity (Wildman–Crippen MR) is 240 cm³/mol. The Morgan fingerprint density at radius 1 is 0.491 bits per heavy atom. The number of likely N-dealkylation sites (N-methyl/N-ethyl adjacent to an activating group) is 1. The number of nitrogens with zero attached hydrogens (tertiary/aromatic N) is 1. The average molecular weight is 832 g/mol. The van der Waals surface area contributed by atoms with E-state index in [1.54, 1.807) is 0 Å². The molecule has 0 heterocycles. The van der Waals surface area contributed by atoms with Gasteiger partial charge in [-0.3, -0.25) is 9.36 Å². The van der Waals surface area contributed by atoms with Gasteiger partial charge in [0.25, 0.3) is 7.82 Å². The molecule has 0 aromatic carbocycles.